The summed E-state index contributed by atoms with van der Waals surface area (Å²) in [5.41, 5.74) is 2.42. The van der Waals surface area contributed by atoms with Gasteiger partial charge < -0.3 is 20.4 Å². The number of anilines is 2. The molecule has 1 unspecified atom stereocenters. The maximum atomic E-state index is 12.5. The smallest absolute Gasteiger partial charge is 0.251 e. The van der Waals surface area contributed by atoms with E-state index in [-0.39, 0.29) is 17.9 Å². The molecule has 3 aliphatic heterocycles. The third-order valence-electron chi connectivity index (χ3n) is 6.27. The Morgan fingerprint density at radius 1 is 1.07 bits per heavy atom. The van der Waals surface area contributed by atoms with Crippen molar-refractivity contribution in [3.8, 4) is 0 Å². The maximum Gasteiger partial charge on any atom is 0.251 e. The van der Waals surface area contributed by atoms with E-state index in [1.807, 2.05) is 18.2 Å². The van der Waals surface area contributed by atoms with E-state index in [0.717, 1.165) is 50.1 Å². The van der Waals surface area contributed by atoms with E-state index in [1.54, 1.807) is 0 Å². The van der Waals surface area contributed by atoms with E-state index >= 15 is 0 Å². The Kier molecular flexibility index (Phi) is 6.15. The van der Waals surface area contributed by atoms with Gasteiger partial charge in [0.15, 0.2) is 0 Å². The minimum atomic E-state index is -0.0614. The fraction of sp³-hybridized carbons (Fsp3) is 0.636. The monoisotopic (exact) mass is 384 g/mol. The number of amides is 2. The van der Waals surface area contributed by atoms with E-state index < -0.39 is 0 Å². The summed E-state index contributed by atoms with van der Waals surface area (Å²) >= 11 is 0. The van der Waals surface area contributed by atoms with Crippen LogP contribution in [0, 0.1) is 0 Å². The van der Waals surface area contributed by atoms with Crippen LogP contribution in [0.5, 0.6) is 0 Å². The molecule has 0 spiro atoms. The van der Waals surface area contributed by atoms with Crippen LogP contribution in [0.3, 0.4) is 0 Å². The minimum Gasteiger partial charge on any atom is -0.358 e. The molecule has 1 atom stereocenters. The minimum absolute atomic E-state index is 0.0556. The summed E-state index contributed by atoms with van der Waals surface area (Å²) in [6.45, 7) is 5.03. The second-order valence-electron chi connectivity index (χ2n) is 8.29. The van der Waals surface area contributed by atoms with Gasteiger partial charge in [0, 0.05) is 18.7 Å². The molecule has 1 aromatic rings. The molecular weight excluding hydrogens is 352 g/mol. The lowest BCUT2D eigenvalue weighted by molar-refractivity contribution is -0.118. The number of carbonyl (C=O) groups excluding carboxylic acids is 2. The van der Waals surface area contributed by atoms with Gasteiger partial charge in [-0.3, -0.25) is 9.59 Å². The molecule has 1 aromatic carbocycles. The van der Waals surface area contributed by atoms with Gasteiger partial charge >= 0.3 is 0 Å². The molecule has 3 aliphatic rings. The summed E-state index contributed by atoms with van der Waals surface area (Å²) in [5, 5.41) is 6.04. The van der Waals surface area contributed by atoms with Crippen molar-refractivity contribution < 1.29 is 9.59 Å². The van der Waals surface area contributed by atoms with Gasteiger partial charge in [-0.2, -0.15) is 0 Å². The first-order valence-corrected chi connectivity index (χ1v) is 10.9. The highest BCUT2D eigenvalue weighted by molar-refractivity contribution is 6.05. The molecule has 0 aromatic heterocycles. The first-order valence-electron chi connectivity index (χ1n) is 10.9. The Morgan fingerprint density at radius 2 is 1.86 bits per heavy atom. The third kappa shape index (κ3) is 4.32. The first-order chi connectivity index (χ1) is 13.7. The molecule has 0 radical (unpaired) electrons. The second-order valence-corrected chi connectivity index (χ2v) is 8.29. The van der Waals surface area contributed by atoms with Gasteiger partial charge in [0.2, 0.25) is 5.91 Å². The summed E-state index contributed by atoms with van der Waals surface area (Å²) in [4.78, 5) is 29.7. The van der Waals surface area contributed by atoms with Crippen LogP contribution >= 0.6 is 0 Å². The lowest BCUT2D eigenvalue weighted by Crippen LogP contribution is -2.50. The molecule has 0 aliphatic carbocycles. The number of nitrogens with zero attached hydrogens (tertiary/aromatic N) is 2. The number of fused-ring (bicyclic) bond motifs is 3. The normalized spacial score (nSPS) is 22.6. The number of rotatable bonds is 5. The van der Waals surface area contributed by atoms with Crippen LogP contribution in [0.15, 0.2) is 18.2 Å². The predicted octanol–water partition coefficient (Wildman–Crippen LogP) is 2.99. The molecule has 6 heteroatoms. The van der Waals surface area contributed by atoms with Crippen LogP contribution in [0.2, 0.25) is 0 Å². The topological polar surface area (TPSA) is 64.7 Å². The van der Waals surface area contributed by atoms with Crippen LogP contribution in [0.4, 0.5) is 11.4 Å². The zero-order valence-electron chi connectivity index (χ0n) is 16.7. The van der Waals surface area contributed by atoms with Gasteiger partial charge in [-0.25, -0.2) is 0 Å². The SMILES string of the molecule is O=C(NCCCN1CCCCCC1)c1ccc2c(c1)NC(=O)C1CCCCN21. The predicted molar refractivity (Wildman–Crippen MR) is 112 cm³/mol. The maximum absolute atomic E-state index is 12.5. The highest BCUT2D eigenvalue weighted by atomic mass is 16.2. The zero-order chi connectivity index (χ0) is 19.3. The zero-order valence-corrected chi connectivity index (χ0v) is 16.7. The summed E-state index contributed by atoms with van der Waals surface area (Å²) in [5.74, 6) is -0.00380. The molecule has 6 nitrogen and oxygen atoms in total. The number of nitrogens with one attached hydrogen (secondary N) is 2. The van der Waals surface area contributed by atoms with Crippen LogP contribution < -0.4 is 15.5 Å². The van der Waals surface area contributed by atoms with Crippen molar-refractivity contribution in [2.24, 2.45) is 0 Å². The van der Waals surface area contributed by atoms with Gasteiger partial charge in [-0.05, 0) is 76.4 Å². The van der Waals surface area contributed by atoms with Gasteiger partial charge in [0.05, 0.1) is 11.4 Å². The average Bonchev–Trinajstić information content (AvgIpc) is 3.00. The average molecular weight is 385 g/mol. The Balaban J connectivity index is 1.31. The van der Waals surface area contributed by atoms with Gasteiger partial charge in [-0.1, -0.05) is 12.8 Å². The van der Waals surface area contributed by atoms with Crippen molar-refractivity contribution in [2.75, 3.05) is 42.9 Å². The van der Waals surface area contributed by atoms with E-state index in [4.69, 9.17) is 0 Å². The standard InChI is InChI=1S/C22H32N4O2/c27-21(23-11-7-14-25-12-4-1-2-5-13-25)17-9-10-19-18(16-17)24-22(28)20-8-3-6-15-26(19)20/h9-10,16,20H,1-8,11-15H2,(H,23,27)(H,24,28). The number of likely N-dealkylation sites (tertiary alicyclic amines) is 1. The van der Waals surface area contributed by atoms with E-state index in [0.29, 0.717) is 12.1 Å². The van der Waals surface area contributed by atoms with Crippen molar-refractivity contribution in [1.82, 2.24) is 10.2 Å². The highest BCUT2D eigenvalue weighted by Crippen LogP contribution is 2.36. The number of benzene rings is 1. The second kappa shape index (κ2) is 8.95. The Labute approximate surface area is 167 Å². The lowest BCUT2D eigenvalue weighted by atomic mass is 9.97. The Bertz CT molecular complexity index is 712. The number of hydrogen-bond acceptors (Lipinski definition) is 4. The molecular formula is C22H32N4O2. The molecule has 152 valence electrons. The van der Waals surface area contributed by atoms with Crippen molar-refractivity contribution in [3.63, 3.8) is 0 Å². The summed E-state index contributed by atoms with van der Waals surface area (Å²) in [6, 6.07) is 5.63. The summed E-state index contributed by atoms with van der Waals surface area (Å²) < 4.78 is 0. The van der Waals surface area contributed by atoms with E-state index in [9.17, 15) is 9.59 Å². The van der Waals surface area contributed by atoms with Crippen molar-refractivity contribution in [3.05, 3.63) is 23.8 Å². The van der Waals surface area contributed by atoms with Gasteiger partial charge in [0.25, 0.3) is 5.91 Å². The van der Waals surface area contributed by atoms with Crippen molar-refractivity contribution >= 4 is 23.2 Å². The number of carbonyl (C=O) groups is 2. The molecule has 3 heterocycles. The molecule has 2 amide bonds. The fourth-order valence-corrected chi connectivity index (χ4v) is 4.70. The molecule has 0 bridgehead atoms. The Morgan fingerprint density at radius 3 is 2.68 bits per heavy atom. The molecule has 28 heavy (non-hydrogen) atoms. The molecule has 2 N–H and O–H groups in total. The van der Waals surface area contributed by atoms with Crippen LogP contribution in [0.1, 0.15) is 61.7 Å². The first kappa shape index (κ1) is 19.2. The van der Waals surface area contributed by atoms with Gasteiger partial charge in [-0.15, -0.1) is 0 Å². The van der Waals surface area contributed by atoms with Gasteiger partial charge in [0.1, 0.15) is 6.04 Å². The van der Waals surface area contributed by atoms with E-state index in [2.05, 4.69) is 20.4 Å². The molecule has 0 saturated carbocycles. The number of piperidine rings is 1. The molecule has 2 saturated heterocycles. The summed E-state index contributed by atoms with van der Waals surface area (Å²) in [6.07, 6.45) is 9.38. The number of hydrogen-bond donors (Lipinski definition) is 2. The highest BCUT2D eigenvalue weighted by Gasteiger charge is 2.34. The summed E-state index contributed by atoms with van der Waals surface area (Å²) in [7, 11) is 0. The largest absolute Gasteiger partial charge is 0.358 e. The Hall–Kier alpha value is -2.08. The quantitative estimate of drug-likeness (QED) is 0.766. The lowest BCUT2D eigenvalue weighted by Gasteiger charge is -2.41. The van der Waals surface area contributed by atoms with Crippen LogP contribution in [0.25, 0.3) is 0 Å². The molecule has 2 fully saturated rings. The van der Waals surface area contributed by atoms with Crippen molar-refractivity contribution in [1.29, 1.82) is 0 Å². The van der Waals surface area contributed by atoms with Crippen LogP contribution in [-0.2, 0) is 4.79 Å². The van der Waals surface area contributed by atoms with Crippen molar-refractivity contribution in [2.45, 2.75) is 57.4 Å². The van der Waals surface area contributed by atoms with E-state index in [1.165, 1.54) is 38.8 Å². The van der Waals surface area contributed by atoms with Crippen LogP contribution in [-0.4, -0.2) is 55.5 Å². The third-order valence-corrected chi connectivity index (χ3v) is 6.27. The fourth-order valence-electron chi connectivity index (χ4n) is 4.70. The molecule has 4 rings (SSSR count).